The number of nitrogens with one attached hydrogen (secondary N) is 2. The van der Waals surface area contributed by atoms with E-state index in [2.05, 4.69) is 15.5 Å². The number of rotatable bonds is 5. The summed E-state index contributed by atoms with van der Waals surface area (Å²) in [6, 6.07) is 7.29. The predicted octanol–water partition coefficient (Wildman–Crippen LogP) is 2.03. The topological polar surface area (TPSA) is 74.8 Å². The maximum Gasteiger partial charge on any atom is 0.179 e. The molecule has 23 heavy (non-hydrogen) atoms. The number of aryl methyl sites for hydroxylation is 2. The first-order chi connectivity index (χ1) is 10.9. The van der Waals surface area contributed by atoms with E-state index in [4.69, 9.17) is 0 Å². The first kappa shape index (κ1) is 16.2. The van der Waals surface area contributed by atoms with Crippen LogP contribution in [-0.2, 0) is 22.7 Å². The molecule has 0 saturated carbocycles. The van der Waals surface area contributed by atoms with Crippen molar-refractivity contribution in [3.05, 3.63) is 47.3 Å². The van der Waals surface area contributed by atoms with Gasteiger partial charge in [0.05, 0.1) is 16.8 Å². The lowest BCUT2D eigenvalue weighted by atomic mass is 9.93. The first-order valence-electron chi connectivity index (χ1n) is 8.00. The molecule has 2 N–H and O–H groups in total. The zero-order chi connectivity index (χ0) is 16.4. The summed E-state index contributed by atoms with van der Waals surface area (Å²) in [4.78, 5) is 0.400. The molecule has 1 aromatic heterocycles. The van der Waals surface area contributed by atoms with E-state index in [1.54, 1.807) is 12.1 Å². The SMILES string of the molecule is Cc1ccc(S(=O)(=O)CC(C)NC2CCc3[nH]ncc3C2)cc1. The van der Waals surface area contributed by atoms with Crippen molar-refractivity contribution in [2.24, 2.45) is 0 Å². The Morgan fingerprint density at radius 2 is 2.09 bits per heavy atom. The van der Waals surface area contributed by atoms with Crippen molar-refractivity contribution in [2.45, 2.75) is 50.1 Å². The van der Waals surface area contributed by atoms with E-state index in [9.17, 15) is 8.42 Å². The van der Waals surface area contributed by atoms with Gasteiger partial charge in [0.25, 0.3) is 0 Å². The summed E-state index contributed by atoms with van der Waals surface area (Å²) in [5.74, 6) is 0.116. The van der Waals surface area contributed by atoms with Gasteiger partial charge in [-0.2, -0.15) is 5.10 Å². The Balaban J connectivity index is 1.61. The van der Waals surface area contributed by atoms with Crippen molar-refractivity contribution in [3.63, 3.8) is 0 Å². The number of aromatic amines is 1. The Morgan fingerprint density at radius 1 is 1.35 bits per heavy atom. The second-order valence-electron chi connectivity index (χ2n) is 6.48. The summed E-state index contributed by atoms with van der Waals surface area (Å²) < 4.78 is 25.0. The Hall–Kier alpha value is -1.66. The fraction of sp³-hybridized carbons (Fsp3) is 0.471. The van der Waals surface area contributed by atoms with Gasteiger partial charge in [0.1, 0.15) is 0 Å². The molecule has 1 heterocycles. The highest BCUT2D eigenvalue weighted by Gasteiger charge is 2.24. The van der Waals surface area contributed by atoms with Crippen molar-refractivity contribution < 1.29 is 8.42 Å². The lowest BCUT2D eigenvalue weighted by molar-refractivity contribution is 0.419. The van der Waals surface area contributed by atoms with E-state index in [0.29, 0.717) is 10.9 Å². The number of hydrogen-bond acceptors (Lipinski definition) is 4. The van der Waals surface area contributed by atoms with Crippen LogP contribution in [0, 0.1) is 6.92 Å². The van der Waals surface area contributed by atoms with Crippen LogP contribution in [0.15, 0.2) is 35.4 Å². The van der Waals surface area contributed by atoms with Crippen LogP contribution in [0.4, 0.5) is 0 Å². The van der Waals surface area contributed by atoms with Crippen LogP contribution in [-0.4, -0.2) is 36.5 Å². The molecule has 1 aromatic carbocycles. The van der Waals surface area contributed by atoms with E-state index < -0.39 is 9.84 Å². The second kappa shape index (κ2) is 6.45. The molecular weight excluding hydrogens is 310 g/mol. The quantitative estimate of drug-likeness (QED) is 0.878. The zero-order valence-electron chi connectivity index (χ0n) is 13.5. The number of benzene rings is 1. The Kier molecular flexibility index (Phi) is 4.55. The Labute approximate surface area is 137 Å². The van der Waals surface area contributed by atoms with Crippen LogP contribution >= 0.6 is 0 Å². The number of H-pyrrole nitrogens is 1. The van der Waals surface area contributed by atoms with E-state index in [0.717, 1.165) is 24.8 Å². The van der Waals surface area contributed by atoms with Crippen LogP contribution < -0.4 is 5.32 Å². The van der Waals surface area contributed by atoms with Gasteiger partial charge in [-0.25, -0.2) is 8.42 Å². The predicted molar refractivity (Wildman–Crippen MR) is 90.2 cm³/mol. The Bertz CT molecular complexity index is 765. The largest absolute Gasteiger partial charge is 0.310 e. The number of hydrogen-bond donors (Lipinski definition) is 2. The fourth-order valence-electron chi connectivity index (χ4n) is 3.18. The third kappa shape index (κ3) is 3.82. The van der Waals surface area contributed by atoms with E-state index in [1.165, 1.54) is 11.3 Å². The molecule has 124 valence electrons. The van der Waals surface area contributed by atoms with E-state index >= 15 is 0 Å². The third-order valence-electron chi connectivity index (χ3n) is 4.39. The van der Waals surface area contributed by atoms with E-state index in [-0.39, 0.29) is 11.8 Å². The van der Waals surface area contributed by atoms with Crippen LogP contribution in [0.3, 0.4) is 0 Å². The van der Waals surface area contributed by atoms with Crippen molar-refractivity contribution >= 4 is 9.84 Å². The smallest absolute Gasteiger partial charge is 0.179 e. The van der Waals surface area contributed by atoms with Crippen LogP contribution in [0.1, 0.15) is 30.2 Å². The molecule has 5 nitrogen and oxygen atoms in total. The zero-order valence-corrected chi connectivity index (χ0v) is 14.4. The highest BCUT2D eigenvalue weighted by molar-refractivity contribution is 7.91. The number of nitrogens with zero attached hydrogens (tertiary/aromatic N) is 1. The molecule has 2 unspecified atom stereocenters. The van der Waals surface area contributed by atoms with Crippen LogP contribution in [0.2, 0.25) is 0 Å². The van der Waals surface area contributed by atoms with Crippen molar-refractivity contribution in [3.8, 4) is 0 Å². The molecule has 3 rings (SSSR count). The highest BCUT2D eigenvalue weighted by atomic mass is 32.2. The highest BCUT2D eigenvalue weighted by Crippen LogP contribution is 2.20. The standard InChI is InChI=1S/C17H23N3O2S/c1-12-3-6-16(7-4-12)23(21,22)11-13(2)19-15-5-8-17-14(9-15)10-18-20-17/h3-4,6-7,10,13,15,19H,5,8-9,11H2,1-2H3,(H,18,20). The molecule has 1 aliphatic carbocycles. The molecule has 0 radical (unpaired) electrons. The first-order valence-corrected chi connectivity index (χ1v) is 9.66. The normalized spacial score (nSPS) is 19.3. The summed E-state index contributed by atoms with van der Waals surface area (Å²) in [5, 5.41) is 10.6. The minimum absolute atomic E-state index is 0.0836. The maximum atomic E-state index is 12.5. The monoisotopic (exact) mass is 333 g/mol. The molecule has 0 amide bonds. The minimum Gasteiger partial charge on any atom is -0.310 e. The molecule has 0 fully saturated rings. The van der Waals surface area contributed by atoms with Gasteiger partial charge in [0.2, 0.25) is 0 Å². The average molecular weight is 333 g/mol. The minimum atomic E-state index is -3.26. The van der Waals surface area contributed by atoms with E-state index in [1.807, 2.05) is 32.2 Å². The van der Waals surface area contributed by atoms with Gasteiger partial charge >= 0.3 is 0 Å². The number of sulfone groups is 1. The maximum absolute atomic E-state index is 12.5. The van der Waals surface area contributed by atoms with Gasteiger partial charge in [0, 0.05) is 17.8 Å². The summed E-state index contributed by atoms with van der Waals surface area (Å²) in [6.07, 6.45) is 4.74. The molecule has 0 saturated heterocycles. The van der Waals surface area contributed by atoms with Gasteiger partial charge in [-0.15, -0.1) is 0 Å². The van der Waals surface area contributed by atoms with Gasteiger partial charge in [-0.05, 0) is 50.8 Å². The molecule has 2 atom stereocenters. The summed E-state index contributed by atoms with van der Waals surface area (Å²) in [5.41, 5.74) is 3.51. The summed E-state index contributed by atoms with van der Waals surface area (Å²) >= 11 is 0. The van der Waals surface area contributed by atoms with Gasteiger partial charge < -0.3 is 5.32 Å². The molecule has 6 heteroatoms. The van der Waals surface area contributed by atoms with Crippen molar-refractivity contribution in [1.29, 1.82) is 0 Å². The fourth-order valence-corrected chi connectivity index (χ4v) is 4.68. The Morgan fingerprint density at radius 3 is 2.83 bits per heavy atom. The van der Waals surface area contributed by atoms with Crippen molar-refractivity contribution in [1.82, 2.24) is 15.5 Å². The molecule has 2 aromatic rings. The summed E-state index contributed by atoms with van der Waals surface area (Å²) in [6.45, 7) is 3.89. The van der Waals surface area contributed by atoms with Crippen LogP contribution in [0.25, 0.3) is 0 Å². The molecular formula is C17H23N3O2S. The molecule has 0 aliphatic heterocycles. The lowest BCUT2D eigenvalue weighted by Gasteiger charge is -2.26. The number of aromatic nitrogens is 2. The van der Waals surface area contributed by atoms with Gasteiger partial charge in [0.15, 0.2) is 9.84 Å². The van der Waals surface area contributed by atoms with Gasteiger partial charge in [-0.3, -0.25) is 5.10 Å². The number of fused-ring (bicyclic) bond motifs is 1. The molecule has 0 bridgehead atoms. The molecule has 1 aliphatic rings. The summed E-state index contributed by atoms with van der Waals surface area (Å²) in [7, 11) is -3.26. The molecule has 0 spiro atoms. The lowest BCUT2D eigenvalue weighted by Crippen LogP contribution is -2.43. The third-order valence-corrected chi connectivity index (χ3v) is 6.32. The average Bonchev–Trinajstić information content (AvgIpc) is 2.94. The van der Waals surface area contributed by atoms with Crippen LogP contribution in [0.5, 0.6) is 0 Å². The van der Waals surface area contributed by atoms with Gasteiger partial charge in [-0.1, -0.05) is 17.7 Å². The van der Waals surface area contributed by atoms with Crippen molar-refractivity contribution in [2.75, 3.05) is 5.75 Å². The second-order valence-corrected chi connectivity index (χ2v) is 8.51.